The lowest BCUT2D eigenvalue weighted by molar-refractivity contribution is -0.138. The van der Waals surface area contributed by atoms with E-state index < -0.39 is 6.04 Å². The third kappa shape index (κ3) is 4.47. The van der Waals surface area contributed by atoms with Gasteiger partial charge in [0.05, 0.1) is 24.7 Å². The van der Waals surface area contributed by atoms with E-state index in [1.807, 2.05) is 30.5 Å². The minimum atomic E-state index is -0.425. The Kier molecular flexibility index (Phi) is 6.00. The summed E-state index contributed by atoms with van der Waals surface area (Å²) in [4.78, 5) is 34.4. The number of hydrogen-bond acceptors (Lipinski definition) is 5. The number of thiophene rings is 1. The molecule has 1 unspecified atom stereocenters. The summed E-state index contributed by atoms with van der Waals surface area (Å²) in [6.07, 6.45) is 1.91. The summed E-state index contributed by atoms with van der Waals surface area (Å²) >= 11 is 1.67. The second kappa shape index (κ2) is 8.42. The number of carbonyl (C=O) groups is 2. The summed E-state index contributed by atoms with van der Waals surface area (Å²) < 4.78 is 0. The van der Waals surface area contributed by atoms with Crippen LogP contribution in [0, 0.1) is 6.92 Å². The van der Waals surface area contributed by atoms with Gasteiger partial charge in [-0.25, -0.2) is 0 Å². The lowest BCUT2D eigenvalue weighted by Gasteiger charge is -2.35. The first-order chi connectivity index (χ1) is 12.5. The molecule has 2 aromatic rings. The number of nitrogens with zero attached hydrogens (tertiary/aromatic N) is 3. The maximum atomic E-state index is 12.7. The summed E-state index contributed by atoms with van der Waals surface area (Å²) in [6, 6.07) is 7.51. The van der Waals surface area contributed by atoms with Gasteiger partial charge in [-0.05, 0) is 30.0 Å². The van der Waals surface area contributed by atoms with Gasteiger partial charge < -0.3 is 10.2 Å². The zero-order valence-corrected chi connectivity index (χ0v) is 16.0. The van der Waals surface area contributed by atoms with Crippen molar-refractivity contribution in [1.29, 1.82) is 0 Å². The van der Waals surface area contributed by atoms with Gasteiger partial charge in [-0.15, -0.1) is 11.3 Å². The van der Waals surface area contributed by atoms with Crippen molar-refractivity contribution in [3.05, 3.63) is 52.0 Å². The molecule has 138 valence electrons. The second-order valence-corrected chi connectivity index (χ2v) is 7.61. The lowest BCUT2D eigenvalue weighted by Crippen LogP contribution is -2.56. The molecule has 6 nitrogen and oxygen atoms in total. The number of aromatic nitrogens is 1. The van der Waals surface area contributed by atoms with E-state index in [-0.39, 0.29) is 18.2 Å². The molecule has 0 saturated carbocycles. The molecular weight excluding hydrogens is 348 g/mol. The Hall–Kier alpha value is -2.25. The van der Waals surface area contributed by atoms with E-state index in [1.165, 1.54) is 4.88 Å². The van der Waals surface area contributed by atoms with Crippen LogP contribution in [0.5, 0.6) is 0 Å². The van der Waals surface area contributed by atoms with Gasteiger partial charge in [0.25, 0.3) is 0 Å². The largest absolute Gasteiger partial charge is 0.353 e. The van der Waals surface area contributed by atoms with E-state index in [9.17, 15) is 9.59 Å². The lowest BCUT2D eigenvalue weighted by atomic mass is 10.1. The number of aryl methyl sites for hydroxylation is 1. The molecule has 0 bridgehead atoms. The maximum absolute atomic E-state index is 12.7. The van der Waals surface area contributed by atoms with Gasteiger partial charge in [0, 0.05) is 37.8 Å². The van der Waals surface area contributed by atoms with E-state index >= 15 is 0 Å². The summed E-state index contributed by atoms with van der Waals surface area (Å²) in [5.41, 5.74) is 1.94. The van der Waals surface area contributed by atoms with Crippen molar-refractivity contribution in [1.82, 2.24) is 20.1 Å². The fourth-order valence-corrected chi connectivity index (χ4v) is 3.82. The molecular formula is C19H24N4O2S. The van der Waals surface area contributed by atoms with Gasteiger partial charge in [-0.1, -0.05) is 12.1 Å². The molecule has 1 aliphatic rings. The Labute approximate surface area is 157 Å². The smallest absolute Gasteiger partial charge is 0.237 e. The Balaban J connectivity index is 1.64. The van der Waals surface area contributed by atoms with E-state index in [0.29, 0.717) is 19.6 Å². The fraction of sp³-hybridized carbons (Fsp3) is 0.421. The number of pyridine rings is 1. The first-order valence-corrected chi connectivity index (χ1v) is 9.61. The van der Waals surface area contributed by atoms with E-state index in [0.717, 1.165) is 17.8 Å². The van der Waals surface area contributed by atoms with Crippen LogP contribution in [-0.4, -0.2) is 52.8 Å². The fourth-order valence-electron chi connectivity index (χ4n) is 3.09. The summed E-state index contributed by atoms with van der Waals surface area (Å²) in [5.74, 6) is -0.114. The minimum absolute atomic E-state index is 0.0479. The molecule has 7 heteroatoms. The van der Waals surface area contributed by atoms with Gasteiger partial charge in [0.15, 0.2) is 0 Å². The molecule has 0 aromatic carbocycles. The third-order valence-corrected chi connectivity index (χ3v) is 5.54. The van der Waals surface area contributed by atoms with Crippen molar-refractivity contribution >= 4 is 23.2 Å². The second-order valence-electron chi connectivity index (χ2n) is 6.58. The topological polar surface area (TPSA) is 65.5 Å². The molecule has 1 saturated heterocycles. The average molecular weight is 372 g/mol. The highest BCUT2D eigenvalue weighted by atomic mass is 32.1. The summed E-state index contributed by atoms with van der Waals surface area (Å²) in [6.45, 7) is 4.51. The van der Waals surface area contributed by atoms with Crippen LogP contribution >= 0.6 is 11.3 Å². The molecule has 0 spiro atoms. The zero-order valence-electron chi connectivity index (χ0n) is 15.1. The van der Waals surface area contributed by atoms with Crippen molar-refractivity contribution < 1.29 is 9.59 Å². The molecule has 1 aliphatic heterocycles. The Morgan fingerprint density at radius 1 is 1.42 bits per heavy atom. The Bertz CT molecular complexity index is 763. The van der Waals surface area contributed by atoms with Gasteiger partial charge in [0.1, 0.15) is 0 Å². The van der Waals surface area contributed by atoms with Crippen LogP contribution in [0.2, 0.25) is 0 Å². The van der Waals surface area contributed by atoms with Crippen molar-refractivity contribution in [2.24, 2.45) is 0 Å². The molecule has 3 rings (SSSR count). The molecule has 2 aromatic heterocycles. The zero-order chi connectivity index (χ0) is 18.5. The van der Waals surface area contributed by atoms with Crippen LogP contribution in [0.25, 0.3) is 0 Å². The van der Waals surface area contributed by atoms with Gasteiger partial charge in [0.2, 0.25) is 11.8 Å². The van der Waals surface area contributed by atoms with Gasteiger partial charge in [-0.3, -0.25) is 19.5 Å². The number of nitrogens with one attached hydrogen (secondary N) is 1. The molecule has 1 fully saturated rings. The molecule has 0 aliphatic carbocycles. The standard InChI is InChI=1S/C19H24N4O2S/c1-14-5-3-7-20-16(14)13-22(2)18(24)11-17-19(25)21-8-9-23(17)12-15-6-4-10-26-15/h3-7,10,17H,8-9,11-13H2,1-2H3,(H,21,25). The third-order valence-electron chi connectivity index (χ3n) is 4.68. The molecule has 1 atom stereocenters. The number of piperazine rings is 1. The number of hydrogen-bond donors (Lipinski definition) is 1. The predicted octanol–water partition coefficient (Wildman–Crippen LogP) is 1.80. The Morgan fingerprint density at radius 3 is 3.00 bits per heavy atom. The van der Waals surface area contributed by atoms with Gasteiger partial charge >= 0.3 is 0 Å². The highest BCUT2D eigenvalue weighted by Crippen LogP contribution is 2.18. The number of amides is 2. The number of carbonyl (C=O) groups excluding carboxylic acids is 2. The first-order valence-electron chi connectivity index (χ1n) is 8.73. The van der Waals surface area contributed by atoms with E-state index in [1.54, 1.807) is 29.5 Å². The molecule has 1 N–H and O–H groups in total. The highest BCUT2D eigenvalue weighted by molar-refractivity contribution is 7.09. The number of rotatable bonds is 6. The van der Waals surface area contributed by atoms with Crippen molar-refractivity contribution in [3.63, 3.8) is 0 Å². The first kappa shape index (κ1) is 18.5. The molecule has 2 amide bonds. The molecule has 3 heterocycles. The van der Waals surface area contributed by atoms with Crippen LogP contribution in [0.1, 0.15) is 22.6 Å². The predicted molar refractivity (Wildman–Crippen MR) is 102 cm³/mol. The van der Waals surface area contributed by atoms with E-state index in [2.05, 4.69) is 21.3 Å². The van der Waals surface area contributed by atoms with Crippen LogP contribution < -0.4 is 5.32 Å². The van der Waals surface area contributed by atoms with Crippen LogP contribution in [0.3, 0.4) is 0 Å². The normalized spacial score (nSPS) is 17.8. The quantitative estimate of drug-likeness (QED) is 0.840. The SMILES string of the molecule is Cc1cccnc1CN(C)C(=O)CC1C(=O)NCCN1Cc1cccs1. The summed E-state index contributed by atoms with van der Waals surface area (Å²) in [7, 11) is 1.76. The maximum Gasteiger partial charge on any atom is 0.237 e. The molecule has 26 heavy (non-hydrogen) atoms. The van der Waals surface area contributed by atoms with Crippen molar-refractivity contribution in [2.75, 3.05) is 20.1 Å². The average Bonchev–Trinajstić information content (AvgIpc) is 3.13. The van der Waals surface area contributed by atoms with Crippen LogP contribution in [0.4, 0.5) is 0 Å². The van der Waals surface area contributed by atoms with Crippen LogP contribution in [0.15, 0.2) is 35.8 Å². The van der Waals surface area contributed by atoms with Crippen molar-refractivity contribution in [3.8, 4) is 0 Å². The van der Waals surface area contributed by atoms with Crippen molar-refractivity contribution in [2.45, 2.75) is 32.5 Å². The monoisotopic (exact) mass is 372 g/mol. The van der Waals surface area contributed by atoms with E-state index in [4.69, 9.17) is 0 Å². The van der Waals surface area contributed by atoms with Crippen LogP contribution in [-0.2, 0) is 22.7 Å². The summed E-state index contributed by atoms with van der Waals surface area (Å²) in [5, 5.41) is 4.91. The Morgan fingerprint density at radius 2 is 2.27 bits per heavy atom. The van der Waals surface area contributed by atoms with Gasteiger partial charge in [-0.2, -0.15) is 0 Å². The highest BCUT2D eigenvalue weighted by Gasteiger charge is 2.32. The minimum Gasteiger partial charge on any atom is -0.353 e. The molecule has 0 radical (unpaired) electrons.